The van der Waals surface area contributed by atoms with E-state index in [1.54, 1.807) is 6.33 Å². The lowest BCUT2D eigenvalue weighted by atomic mass is 10.0. The van der Waals surface area contributed by atoms with Crippen LogP contribution < -0.4 is 5.73 Å². The molecule has 0 saturated heterocycles. The Morgan fingerprint density at radius 2 is 2.29 bits per heavy atom. The first-order valence-electron chi connectivity index (χ1n) is 5.23. The summed E-state index contributed by atoms with van der Waals surface area (Å²) in [5.74, 6) is 0. The Hall–Kier alpha value is -0.840. The first-order chi connectivity index (χ1) is 8.06. The molecule has 17 heavy (non-hydrogen) atoms. The van der Waals surface area contributed by atoms with E-state index >= 15 is 0 Å². The van der Waals surface area contributed by atoms with Crippen molar-refractivity contribution in [2.75, 3.05) is 0 Å². The minimum absolute atomic E-state index is 0.130. The summed E-state index contributed by atoms with van der Waals surface area (Å²) in [6.07, 6.45) is 4.36. The second-order valence-corrected chi connectivity index (χ2v) is 5.33. The number of nitrogens with two attached hydrogens (primary N) is 1. The first-order valence-corrected chi connectivity index (χ1v) is 6.40. The summed E-state index contributed by atoms with van der Waals surface area (Å²) in [7, 11) is 1.93. The van der Waals surface area contributed by atoms with Crippen LogP contribution in [-0.2, 0) is 13.5 Å². The van der Waals surface area contributed by atoms with Crippen LogP contribution in [0, 0.1) is 0 Å². The molecule has 5 heteroatoms. The van der Waals surface area contributed by atoms with Gasteiger partial charge in [-0.1, -0.05) is 33.6 Å². The molecule has 90 valence electrons. The van der Waals surface area contributed by atoms with Crippen LogP contribution in [0.25, 0.3) is 0 Å². The monoisotopic (exact) mass is 313 g/mol. The van der Waals surface area contributed by atoms with E-state index in [1.807, 2.05) is 36.0 Å². The van der Waals surface area contributed by atoms with Crippen LogP contribution in [-0.4, -0.2) is 9.55 Å². The van der Waals surface area contributed by atoms with Crippen LogP contribution in [0.1, 0.15) is 17.3 Å². The van der Waals surface area contributed by atoms with Crippen LogP contribution in [0.5, 0.6) is 0 Å². The molecule has 3 nitrogen and oxygen atoms in total. The highest BCUT2D eigenvalue weighted by Gasteiger charge is 2.11. The highest BCUT2D eigenvalue weighted by Crippen LogP contribution is 2.24. The number of benzene rings is 1. The summed E-state index contributed by atoms with van der Waals surface area (Å²) >= 11 is 9.53. The molecule has 1 atom stereocenters. The zero-order chi connectivity index (χ0) is 12.4. The van der Waals surface area contributed by atoms with E-state index in [0.29, 0.717) is 6.42 Å². The van der Waals surface area contributed by atoms with Gasteiger partial charge in [0, 0.05) is 22.7 Å². The van der Waals surface area contributed by atoms with Gasteiger partial charge in [-0.25, -0.2) is 4.98 Å². The van der Waals surface area contributed by atoms with Crippen molar-refractivity contribution in [2.24, 2.45) is 12.8 Å². The van der Waals surface area contributed by atoms with Gasteiger partial charge in [0.25, 0.3) is 0 Å². The number of halogens is 2. The van der Waals surface area contributed by atoms with Crippen LogP contribution in [0.2, 0.25) is 5.02 Å². The topological polar surface area (TPSA) is 43.8 Å². The zero-order valence-electron chi connectivity index (χ0n) is 9.40. The number of hydrogen-bond acceptors (Lipinski definition) is 2. The number of hydrogen-bond donors (Lipinski definition) is 1. The molecule has 0 aliphatic carbocycles. The maximum atomic E-state index is 6.16. The lowest BCUT2D eigenvalue weighted by molar-refractivity contribution is 0.700. The van der Waals surface area contributed by atoms with Gasteiger partial charge in [0.05, 0.1) is 18.1 Å². The van der Waals surface area contributed by atoms with E-state index in [-0.39, 0.29) is 6.04 Å². The highest BCUT2D eigenvalue weighted by molar-refractivity contribution is 9.10. The third-order valence-electron chi connectivity index (χ3n) is 2.56. The summed E-state index contributed by atoms with van der Waals surface area (Å²) in [6.45, 7) is 0. The second kappa shape index (κ2) is 5.21. The Labute approximate surface area is 114 Å². The Morgan fingerprint density at radius 1 is 1.53 bits per heavy atom. The predicted molar refractivity (Wildman–Crippen MR) is 73.0 cm³/mol. The van der Waals surface area contributed by atoms with E-state index in [4.69, 9.17) is 17.3 Å². The van der Waals surface area contributed by atoms with Crippen LogP contribution in [0.3, 0.4) is 0 Å². The standard InChI is InChI=1S/C12H13BrClN3/c1-17-6-12(16-7-17)11(15)4-8-2-3-9(13)5-10(8)14/h2-3,5-7,11H,4,15H2,1H3. The molecule has 0 aliphatic heterocycles. The van der Waals surface area contributed by atoms with Crippen molar-refractivity contribution < 1.29 is 0 Å². The fraction of sp³-hybridized carbons (Fsp3) is 0.250. The molecule has 0 amide bonds. The van der Waals surface area contributed by atoms with Crippen molar-refractivity contribution in [3.8, 4) is 0 Å². The SMILES string of the molecule is Cn1cnc(C(N)Cc2ccc(Br)cc2Cl)c1. The van der Waals surface area contributed by atoms with Gasteiger partial charge in [0.15, 0.2) is 0 Å². The maximum absolute atomic E-state index is 6.16. The third kappa shape index (κ3) is 3.09. The largest absolute Gasteiger partial charge is 0.340 e. The quantitative estimate of drug-likeness (QED) is 0.946. The van der Waals surface area contributed by atoms with E-state index in [9.17, 15) is 0 Å². The first kappa shape index (κ1) is 12.6. The van der Waals surface area contributed by atoms with Crippen molar-refractivity contribution in [1.82, 2.24) is 9.55 Å². The van der Waals surface area contributed by atoms with Crippen molar-refractivity contribution >= 4 is 27.5 Å². The Kier molecular flexibility index (Phi) is 3.86. The molecule has 2 rings (SSSR count). The lowest BCUT2D eigenvalue weighted by Crippen LogP contribution is -2.14. The fourth-order valence-corrected chi connectivity index (χ4v) is 2.40. The Bertz CT molecular complexity index is 524. The average molecular weight is 315 g/mol. The normalized spacial score (nSPS) is 12.7. The van der Waals surface area contributed by atoms with Gasteiger partial charge in [-0.05, 0) is 24.1 Å². The molecule has 0 fully saturated rings. The molecule has 0 bridgehead atoms. The summed E-state index contributed by atoms with van der Waals surface area (Å²) in [4.78, 5) is 4.24. The number of nitrogens with zero attached hydrogens (tertiary/aromatic N) is 2. The molecule has 1 aromatic carbocycles. The van der Waals surface area contributed by atoms with E-state index in [1.165, 1.54) is 0 Å². The van der Waals surface area contributed by atoms with E-state index < -0.39 is 0 Å². The Balaban J connectivity index is 2.15. The molecule has 0 spiro atoms. The summed E-state index contributed by atoms with van der Waals surface area (Å²) in [6, 6.07) is 5.69. The van der Waals surface area contributed by atoms with Crippen LogP contribution in [0.4, 0.5) is 0 Å². The molecule has 0 saturated carbocycles. The minimum atomic E-state index is -0.130. The highest BCUT2D eigenvalue weighted by atomic mass is 79.9. The second-order valence-electron chi connectivity index (χ2n) is 4.01. The van der Waals surface area contributed by atoms with Gasteiger partial charge in [-0.3, -0.25) is 0 Å². The van der Waals surface area contributed by atoms with Crippen molar-refractivity contribution in [3.05, 3.63) is 51.5 Å². The predicted octanol–water partition coefficient (Wildman–Crippen LogP) is 3.08. The average Bonchev–Trinajstić information content (AvgIpc) is 2.69. The summed E-state index contributed by atoms with van der Waals surface area (Å²) in [5.41, 5.74) is 8.02. The molecule has 2 N–H and O–H groups in total. The summed E-state index contributed by atoms with van der Waals surface area (Å²) < 4.78 is 2.86. The van der Waals surface area contributed by atoms with Gasteiger partial charge in [0.1, 0.15) is 0 Å². The van der Waals surface area contributed by atoms with Gasteiger partial charge >= 0.3 is 0 Å². The number of aryl methyl sites for hydroxylation is 1. The van der Waals surface area contributed by atoms with E-state index in [0.717, 1.165) is 20.8 Å². The number of rotatable bonds is 3. The fourth-order valence-electron chi connectivity index (χ4n) is 1.65. The van der Waals surface area contributed by atoms with Crippen LogP contribution in [0.15, 0.2) is 35.2 Å². The number of aromatic nitrogens is 2. The lowest BCUT2D eigenvalue weighted by Gasteiger charge is -2.10. The molecule has 2 aromatic rings. The van der Waals surface area contributed by atoms with Gasteiger partial charge < -0.3 is 10.3 Å². The molecule has 1 heterocycles. The van der Waals surface area contributed by atoms with Crippen molar-refractivity contribution in [3.63, 3.8) is 0 Å². The number of imidazole rings is 1. The molecule has 0 aliphatic rings. The minimum Gasteiger partial charge on any atom is -0.340 e. The molecule has 0 radical (unpaired) electrons. The Morgan fingerprint density at radius 3 is 2.88 bits per heavy atom. The molecular formula is C12H13BrClN3. The van der Waals surface area contributed by atoms with Crippen molar-refractivity contribution in [1.29, 1.82) is 0 Å². The van der Waals surface area contributed by atoms with Gasteiger partial charge in [0.2, 0.25) is 0 Å². The van der Waals surface area contributed by atoms with E-state index in [2.05, 4.69) is 20.9 Å². The molecule has 1 aromatic heterocycles. The third-order valence-corrected chi connectivity index (χ3v) is 3.40. The van der Waals surface area contributed by atoms with Crippen LogP contribution >= 0.6 is 27.5 Å². The van der Waals surface area contributed by atoms with Gasteiger partial charge in [-0.2, -0.15) is 0 Å². The molecule has 1 unspecified atom stereocenters. The van der Waals surface area contributed by atoms with Crippen molar-refractivity contribution in [2.45, 2.75) is 12.5 Å². The maximum Gasteiger partial charge on any atom is 0.0947 e. The van der Waals surface area contributed by atoms with Gasteiger partial charge in [-0.15, -0.1) is 0 Å². The zero-order valence-corrected chi connectivity index (χ0v) is 11.7. The molecular weight excluding hydrogens is 302 g/mol. The summed E-state index contributed by atoms with van der Waals surface area (Å²) in [5, 5.41) is 0.728. The smallest absolute Gasteiger partial charge is 0.0947 e.